The molecule has 0 aromatic heterocycles. The lowest BCUT2D eigenvalue weighted by Crippen LogP contribution is -2.34. The van der Waals surface area contributed by atoms with Gasteiger partial charge in [0.25, 0.3) is 0 Å². The lowest BCUT2D eigenvalue weighted by atomic mass is 10.1. The second-order valence-electron chi connectivity index (χ2n) is 5.31. The molecule has 0 bridgehead atoms. The van der Waals surface area contributed by atoms with Crippen molar-refractivity contribution in [3.63, 3.8) is 0 Å². The molecule has 1 unspecified atom stereocenters. The Labute approximate surface area is 112 Å². The van der Waals surface area contributed by atoms with Gasteiger partial charge in [-0.1, -0.05) is 37.6 Å². The number of hydrogen-bond acceptors (Lipinski definition) is 2. The van der Waals surface area contributed by atoms with E-state index in [4.69, 9.17) is 0 Å². The Morgan fingerprint density at radius 1 is 1.28 bits per heavy atom. The molecule has 1 N–H and O–H groups in total. The summed E-state index contributed by atoms with van der Waals surface area (Å²) < 4.78 is 0. The average molecular weight is 248 g/mol. The quantitative estimate of drug-likeness (QED) is 0.760. The van der Waals surface area contributed by atoms with E-state index in [2.05, 4.69) is 62.3 Å². The summed E-state index contributed by atoms with van der Waals surface area (Å²) in [4.78, 5) is 2.38. The molecule has 0 aliphatic rings. The Morgan fingerprint density at radius 3 is 2.67 bits per heavy atom. The molecule has 0 amide bonds. The zero-order valence-corrected chi connectivity index (χ0v) is 12.4. The lowest BCUT2D eigenvalue weighted by Gasteiger charge is -2.20. The molecule has 0 spiro atoms. The van der Waals surface area contributed by atoms with Crippen LogP contribution in [0.2, 0.25) is 0 Å². The summed E-state index contributed by atoms with van der Waals surface area (Å²) in [6, 6.07) is 9.27. The summed E-state index contributed by atoms with van der Waals surface area (Å²) >= 11 is 0. The highest BCUT2D eigenvalue weighted by Gasteiger charge is 2.03. The van der Waals surface area contributed by atoms with E-state index in [1.807, 2.05) is 0 Å². The number of nitrogens with one attached hydrogen (secondary N) is 1. The van der Waals surface area contributed by atoms with Crippen molar-refractivity contribution in [2.24, 2.45) is 0 Å². The SMILES string of the molecule is CCCC(C)NCCN(C)Cc1ccccc1C. The second-order valence-corrected chi connectivity index (χ2v) is 5.31. The van der Waals surface area contributed by atoms with E-state index < -0.39 is 0 Å². The summed E-state index contributed by atoms with van der Waals surface area (Å²) in [5, 5.41) is 3.57. The van der Waals surface area contributed by atoms with Crippen LogP contribution >= 0.6 is 0 Å². The van der Waals surface area contributed by atoms with Crippen molar-refractivity contribution in [1.82, 2.24) is 10.2 Å². The van der Waals surface area contributed by atoms with Crippen LogP contribution in [0.3, 0.4) is 0 Å². The maximum absolute atomic E-state index is 3.57. The molecule has 1 atom stereocenters. The summed E-state index contributed by atoms with van der Waals surface area (Å²) in [6.45, 7) is 9.90. The van der Waals surface area contributed by atoms with E-state index in [9.17, 15) is 0 Å². The van der Waals surface area contributed by atoms with Crippen molar-refractivity contribution in [1.29, 1.82) is 0 Å². The van der Waals surface area contributed by atoms with Crippen LogP contribution in [0.4, 0.5) is 0 Å². The van der Waals surface area contributed by atoms with Gasteiger partial charge in [-0.2, -0.15) is 0 Å². The van der Waals surface area contributed by atoms with Crippen molar-refractivity contribution in [2.45, 2.75) is 46.2 Å². The molecule has 0 fully saturated rings. The van der Waals surface area contributed by atoms with E-state index in [0.29, 0.717) is 6.04 Å². The maximum Gasteiger partial charge on any atom is 0.0233 e. The van der Waals surface area contributed by atoms with E-state index in [0.717, 1.165) is 19.6 Å². The van der Waals surface area contributed by atoms with E-state index in [1.165, 1.54) is 24.0 Å². The molecule has 0 aliphatic heterocycles. The minimum absolute atomic E-state index is 0.641. The largest absolute Gasteiger partial charge is 0.313 e. The molecule has 0 saturated carbocycles. The Morgan fingerprint density at radius 2 is 2.00 bits per heavy atom. The molecule has 1 aromatic rings. The summed E-state index contributed by atoms with van der Waals surface area (Å²) in [5.41, 5.74) is 2.82. The van der Waals surface area contributed by atoms with Crippen molar-refractivity contribution >= 4 is 0 Å². The minimum atomic E-state index is 0.641. The molecule has 1 rings (SSSR count). The zero-order chi connectivity index (χ0) is 13.4. The topological polar surface area (TPSA) is 15.3 Å². The monoisotopic (exact) mass is 248 g/mol. The van der Waals surface area contributed by atoms with Crippen molar-refractivity contribution < 1.29 is 0 Å². The fourth-order valence-electron chi connectivity index (χ4n) is 2.19. The van der Waals surface area contributed by atoms with Crippen molar-refractivity contribution in [3.8, 4) is 0 Å². The third-order valence-corrected chi connectivity index (χ3v) is 3.41. The highest BCUT2D eigenvalue weighted by molar-refractivity contribution is 5.25. The highest BCUT2D eigenvalue weighted by Crippen LogP contribution is 2.08. The third-order valence-electron chi connectivity index (χ3n) is 3.41. The second kappa shape index (κ2) is 8.28. The van der Waals surface area contributed by atoms with Gasteiger partial charge in [-0.05, 0) is 38.4 Å². The fraction of sp³-hybridized carbons (Fsp3) is 0.625. The Balaban J connectivity index is 2.26. The molecular formula is C16H28N2. The number of benzene rings is 1. The van der Waals surface area contributed by atoms with E-state index in [1.54, 1.807) is 0 Å². The van der Waals surface area contributed by atoms with Crippen LogP contribution in [0.25, 0.3) is 0 Å². The maximum atomic E-state index is 3.57. The summed E-state index contributed by atoms with van der Waals surface area (Å²) in [5.74, 6) is 0. The van der Waals surface area contributed by atoms with Crippen LogP contribution in [-0.2, 0) is 6.54 Å². The number of aryl methyl sites for hydroxylation is 1. The van der Waals surface area contributed by atoms with Gasteiger partial charge in [0.1, 0.15) is 0 Å². The molecule has 1 aromatic carbocycles. The zero-order valence-electron chi connectivity index (χ0n) is 12.4. The predicted octanol–water partition coefficient (Wildman–Crippen LogP) is 3.21. The molecule has 0 radical (unpaired) electrons. The van der Waals surface area contributed by atoms with Gasteiger partial charge in [0, 0.05) is 25.7 Å². The van der Waals surface area contributed by atoms with Gasteiger partial charge in [0.05, 0.1) is 0 Å². The standard InChI is InChI=1S/C16H28N2/c1-5-8-15(3)17-11-12-18(4)13-16-10-7-6-9-14(16)2/h6-7,9-10,15,17H,5,8,11-13H2,1-4H3. The molecule has 2 heteroatoms. The first kappa shape index (κ1) is 15.2. The number of likely N-dealkylation sites (N-methyl/N-ethyl adjacent to an activating group) is 1. The molecular weight excluding hydrogens is 220 g/mol. The first-order valence-electron chi connectivity index (χ1n) is 7.10. The van der Waals surface area contributed by atoms with Crippen LogP contribution < -0.4 is 5.32 Å². The van der Waals surface area contributed by atoms with Crippen LogP contribution in [0, 0.1) is 6.92 Å². The summed E-state index contributed by atoms with van der Waals surface area (Å²) in [7, 11) is 2.19. The smallest absolute Gasteiger partial charge is 0.0233 e. The summed E-state index contributed by atoms with van der Waals surface area (Å²) in [6.07, 6.45) is 2.52. The van der Waals surface area contributed by atoms with Crippen LogP contribution in [0.15, 0.2) is 24.3 Å². The Bertz CT molecular complexity index is 336. The predicted molar refractivity (Wildman–Crippen MR) is 79.9 cm³/mol. The highest BCUT2D eigenvalue weighted by atomic mass is 15.1. The van der Waals surface area contributed by atoms with Gasteiger partial charge in [-0.3, -0.25) is 0 Å². The first-order valence-corrected chi connectivity index (χ1v) is 7.10. The van der Waals surface area contributed by atoms with Crippen LogP contribution in [0.5, 0.6) is 0 Å². The lowest BCUT2D eigenvalue weighted by molar-refractivity contribution is 0.316. The van der Waals surface area contributed by atoms with Gasteiger partial charge in [0.15, 0.2) is 0 Å². The number of hydrogen-bond donors (Lipinski definition) is 1. The van der Waals surface area contributed by atoms with Gasteiger partial charge in [-0.15, -0.1) is 0 Å². The van der Waals surface area contributed by atoms with Crippen molar-refractivity contribution in [3.05, 3.63) is 35.4 Å². The number of nitrogens with zero attached hydrogens (tertiary/aromatic N) is 1. The Kier molecular flexibility index (Phi) is 6.99. The molecule has 0 saturated heterocycles. The molecule has 0 heterocycles. The fourth-order valence-corrected chi connectivity index (χ4v) is 2.19. The first-order chi connectivity index (χ1) is 8.63. The molecule has 2 nitrogen and oxygen atoms in total. The van der Waals surface area contributed by atoms with Crippen LogP contribution in [-0.4, -0.2) is 31.1 Å². The normalized spacial score (nSPS) is 12.9. The van der Waals surface area contributed by atoms with E-state index >= 15 is 0 Å². The van der Waals surface area contributed by atoms with Crippen LogP contribution in [0.1, 0.15) is 37.8 Å². The van der Waals surface area contributed by atoms with Crippen molar-refractivity contribution in [2.75, 3.05) is 20.1 Å². The van der Waals surface area contributed by atoms with Gasteiger partial charge in [-0.25, -0.2) is 0 Å². The molecule has 102 valence electrons. The van der Waals surface area contributed by atoms with E-state index in [-0.39, 0.29) is 0 Å². The number of rotatable bonds is 8. The third kappa shape index (κ3) is 5.65. The van der Waals surface area contributed by atoms with Gasteiger partial charge >= 0.3 is 0 Å². The Hall–Kier alpha value is -0.860. The molecule has 0 aliphatic carbocycles. The molecule has 18 heavy (non-hydrogen) atoms. The minimum Gasteiger partial charge on any atom is -0.313 e. The average Bonchev–Trinajstić information content (AvgIpc) is 2.32. The van der Waals surface area contributed by atoms with Gasteiger partial charge < -0.3 is 10.2 Å². The van der Waals surface area contributed by atoms with Gasteiger partial charge in [0.2, 0.25) is 0 Å².